The number of aryl methyl sites for hydroxylation is 2. The van der Waals surface area contributed by atoms with Gasteiger partial charge in [-0.3, -0.25) is 4.79 Å². The van der Waals surface area contributed by atoms with Crippen molar-refractivity contribution < 1.29 is 4.79 Å². The van der Waals surface area contributed by atoms with Crippen LogP contribution < -0.4 is 5.32 Å². The molecule has 1 amide bonds. The predicted molar refractivity (Wildman–Crippen MR) is 95.3 cm³/mol. The fraction of sp³-hybridized carbons (Fsp3) is 0.368. The third kappa shape index (κ3) is 3.89. The highest BCUT2D eigenvalue weighted by Crippen LogP contribution is 2.25. The number of aromatic nitrogens is 1. The molecule has 4 heteroatoms. The van der Waals surface area contributed by atoms with Gasteiger partial charge in [-0.1, -0.05) is 25.1 Å². The monoisotopic (exact) mass is 311 g/mol. The second kappa shape index (κ2) is 7.77. The van der Waals surface area contributed by atoms with Gasteiger partial charge in [0.2, 0.25) is 0 Å². The van der Waals surface area contributed by atoms with E-state index in [0.29, 0.717) is 18.8 Å². The maximum Gasteiger partial charge on any atom is 0.272 e. The van der Waals surface area contributed by atoms with Crippen LogP contribution in [0.4, 0.5) is 11.4 Å². The van der Waals surface area contributed by atoms with Crippen LogP contribution >= 0.6 is 0 Å². The Morgan fingerprint density at radius 2 is 1.87 bits per heavy atom. The summed E-state index contributed by atoms with van der Waals surface area (Å²) >= 11 is 0. The molecule has 122 valence electrons. The molecule has 0 fully saturated rings. The molecule has 1 heterocycles. The van der Waals surface area contributed by atoms with Gasteiger partial charge in [0.1, 0.15) is 5.69 Å². The zero-order valence-electron chi connectivity index (χ0n) is 14.4. The van der Waals surface area contributed by atoms with Gasteiger partial charge in [0.25, 0.3) is 5.91 Å². The molecule has 2 aromatic rings. The fourth-order valence-electron chi connectivity index (χ4n) is 2.61. The van der Waals surface area contributed by atoms with Crippen LogP contribution in [-0.4, -0.2) is 28.9 Å². The number of hydrogen-bond donors (Lipinski definition) is 1. The van der Waals surface area contributed by atoms with E-state index in [1.807, 2.05) is 19.9 Å². The first-order valence-electron chi connectivity index (χ1n) is 8.21. The average molecular weight is 311 g/mol. The molecule has 0 aliphatic rings. The average Bonchev–Trinajstić information content (AvgIpc) is 2.58. The van der Waals surface area contributed by atoms with Gasteiger partial charge >= 0.3 is 0 Å². The predicted octanol–water partition coefficient (Wildman–Crippen LogP) is 4.18. The Morgan fingerprint density at radius 3 is 2.43 bits per heavy atom. The van der Waals surface area contributed by atoms with Gasteiger partial charge in [0, 0.05) is 18.8 Å². The minimum atomic E-state index is -0.0216. The Hall–Kier alpha value is -2.36. The Labute approximate surface area is 138 Å². The number of carbonyl (C=O) groups excluding carboxylic acids is 1. The summed E-state index contributed by atoms with van der Waals surface area (Å²) in [6.45, 7) is 9.57. The first-order chi connectivity index (χ1) is 11.1. The molecule has 0 radical (unpaired) electrons. The van der Waals surface area contributed by atoms with Gasteiger partial charge in [-0.15, -0.1) is 0 Å². The number of anilines is 2. The number of benzene rings is 1. The topological polar surface area (TPSA) is 45.2 Å². The van der Waals surface area contributed by atoms with Crippen LogP contribution in [0, 0.1) is 6.92 Å². The minimum Gasteiger partial charge on any atom is -0.354 e. The van der Waals surface area contributed by atoms with E-state index in [0.717, 1.165) is 17.8 Å². The molecule has 0 saturated heterocycles. The van der Waals surface area contributed by atoms with E-state index in [1.165, 1.54) is 11.1 Å². The number of para-hydroxylation sites is 1. The Bertz CT molecular complexity index is 661. The quantitative estimate of drug-likeness (QED) is 0.870. The van der Waals surface area contributed by atoms with Crippen molar-refractivity contribution in [1.82, 2.24) is 9.88 Å². The summed E-state index contributed by atoms with van der Waals surface area (Å²) in [7, 11) is 0. The summed E-state index contributed by atoms with van der Waals surface area (Å²) in [5.74, 6) is -0.0216. The Balaban J connectivity index is 2.20. The fourth-order valence-corrected chi connectivity index (χ4v) is 2.61. The largest absolute Gasteiger partial charge is 0.354 e. The molecule has 4 nitrogen and oxygen atoms in total. The standard InChI is InChI=1S/C19H25N3O/c1-5-15-10-8-9-14(4)18(15)21-16-11-12-17(20-13-16)19(23)22(6-2)7-3/h8-13,21H,5-7H2,1-4H3. The van der Waals surface area contributed by atoms with Crippen LogP contribution in [0.5, 0.6) is 0 Å². The second-order valence-electron chi connectivity index (χ2n) is 5.50. The van der Waals surface area contributed by atoms with Crippen molar-refractivity contribution in [1.29, 1.82) is 0 Å². The van der Waals surface area contributed by atoms with E-state index in [2.05, 4.69) is 42.3 Å². The zero-order valence-corrected chi connectivity index (χ0v) is 14.4. The maximum absolute atomic E-state index is 12.3. The normalized spacial score (nSPS) is 10.4. The lowest BCUT2D eigenvalue weighted by Gasteiger charge is -2.18. The SMILES string of the molecule is CCc1cccc(C)c1Nc1ccc(C(=O)N(CC)CC)nc1. The number of nitrogens with zero attached hydrogens (tertiary/aromatic N) is 2. The van der Waals surface area contributed by atoms with Crippen molar-refractivity contribution in [2.45, 2.75) is 34.1 Å². The minimum absolute atomic E-state index is 0.0216. The third-order valence-corrected chi connectivity index (χ3v) is 4.04. The summed E-state index contributed by atoms with van der Waals surface area (Å²) in [5, 5.41) is 3.43. The lowest BCUT2D eigenvalue weighted by Crippen LogP contribution is -2.31. The smallest absolute Gasteiger partial charge is 0.272 e. The van der Waals surface area contributed by atoms with Gasteiger partial charge < -0.3 is 10.2 Å². The molecule has 1 aromatic carbocycles. The molecule has 0 atom stereocenters. The number of pyridine rings is 1. The number of nitrogens with one attached hydrogen (secondary N) is 1. The molecule has 0 aliphatic carbocycles. The first-order valence-corrected chi connectivity index (χ1v) is 8.21. The molecule has 2 rings (SSSR count). The summed E-state index contributed by atoms with van der Waals surface area (Å²) in [5.41, 5.74) is 4.98. The van der Waals surface area contributed by atoms with E-state index < -0.39 is 0 Å². The molecule has 1 N–H and O–H groups in total. The molecular formula is C19H25N3O. The number of carbonyl (C=O) groups is 1. The summed E-state index contributed by atoms with van der Waals surface area (Å²) in [6, 6.07) is 9.99. The summed E-state index contributed by atoms with van der Waals surface area (Å²) in [6.07, 6.45) is 2.69. The Morgan fingerprint density at radius 1 is 1.13 bits per heavy atom. The van der Waals surface area contributed by atoms with Crippen LogP contribution in [-0.2, 0) is 6.42 Å². The van der Waals surface area contributed by atoms with Crippen molar-refractivity contribution in [3.05, 3.63) is 53.3 Å². The van der Waals surface area contributed by atoms with Crippen LogP contribution in [0.15, 0.2) is 36.5 Å². The van der Waals surface area contributed by atoms with Crippen molar-refractivity contribution >= 4 is 17.3 Å². The van der Waals surface area contributed by atoms with Crippen LogP contribution in [0.3, 0.4) is 0 Å². The number of amides is 1. The van der Waals surface area contributed by atoms with E-state index in [1.54, 1.807) is 17.2 Å². The van der Waals surface area contributed by atoms with Crippen LogP contribution in [0.1, 0.15) is 42.4 Å². The lowest BCUT2D eigenvalue weighted by atomic mass is 10.1. The molecule has 23 heavy (non-hydrogen) atoms. The van der Waals surface area contributed by atoms with Gasteiger partial charge in [0.05, 0.1) is 11.9 Å². The number of rotatable bonds is 6. The van der Waals surface area contributed by atoms with Crippen molar-refractivity contribution in [3.8, 4) is 0 Å². The van der Waals surface area contributed by atoms with Crippen LogP contribution in [0.2, 0.25) is 0 Å². The van der Waals surface area contributed by atoms with Crippen molar-refractivity contribution in [3.63, 3.8) is 0 Å². The molecule has 0 bridgehead atoms. The van der Waals surface area contributed by atoms with Crippen molar-refractivity contribution in [2.75, 3.05) is 18.4 Å². The molecule has 0 aliphatic heterocycles. The highest BCUT2D eigenvalue weighted by molar-refractivity contribution is 5.92. The van der Waals surface area contributed by atoms with Crippen LogP contribution in [0.25, 0.3) is 0 Å². The molecule has 0 unspecified atom stereocenters. The maximum atomic E-state index is 12.3. The molecule has 0 saturated carbocycles. The van der Waals surface area contributed by atoms with Gasteiger partial charge in [-0.25, -0.2) is 4.98 Å². The second-order valence-corrected chi connectivity index (χ2v) is 5.50. The van der Waals surface area contributed by atoms with E-state index >= 15 is 0 Å². The van der Waals surface area contributed by atoms with E-state index in [9.17, 15) is 4.79 Å². The highest BCUT2D eigenvalue weighted by atomic mass is 16.2. The Kier molecular flexibility index (Phi) is 5.74. The zero-order chi connectivity index (χ0) is 16.8. The molecular weight excluding hydrogens is 286 g/mol. The van der Waals surface area contributed by atoms with E-state index in [-0.39, 0.29) is 5.91 Å². The van der Waals surface area contributed by atoms with Gasteiger partial charge in [-0.2, -0.15) is 0 Å². The van der Waals surface area contributed by atoms with E-state index in [4.69, 9.17) is 0 Å². The molecule has 0 spiro atoms. The molecule has 1 aromatic heterocycles. The highest BCUT2D eigenvalue weighted by Gasteiger charge is 2.13. The summed E-state index contributed by atoms with van der Waals surface area (Å²) < 4.78 is 0. The summed E-state index contributed by atoms with van der Waals surface area (Å²) in [4.78, 5) is 18.4. The first kappa shape index (κ1) is 17.0. The van der Waals surface area contributed by atoms with Gasteiger partial charge in [-0.05, 0) is 50.5 Å². The number of hydrogen-bond acceptors (Lipinski definition) is 3. The lowest BCUT2D eigenvalue weighted by molar-refractivity contribution is 0.0767. The van der Waals surface area contributed by atoms with Gasteiger partial charge in [0.15, 0.2) is 0 Å². The van der Waals surface area contributed by atoms with Crippen molar-refractivity contribution in [2.24, 2.45) is 0 Å². The third-order valence-electron chi connectivity index (χ3n) is 4.04.